The van der Waals surface area contributed by atoms with Gasteiger partial charge in [0, 0.05) is 24.3 Å². The van der Waals surface area contributed by atoms with Crippen LogP contribution in [-0.4, -0.2) is 40.2 Å². The molecular weight excluding hydrogens is 534 g/mol. The van der Waals surface area contributed by atoms with Crippen LogP contribution in [0.25, 0.3) is 16.9 Å². The van der Waals surface area contributed by atoms with Gasteiger partial charge in [0.1, 0.15) is 5.75 Å². The largest absolute Gasteiger partial charge is 0.497 e. The maximum Gasteiger partial charge on any atom is 0.263 e. The highest BCUT2D eigenvalue weighted by atomic mass is 32.2. The lowest BCUT2D eigenvalue weighted by Gasteiger charge is -2.11. The van der Waals surface area contributed by atoms with Crippen LogP contribution in [0.15, 0.2) is 83.9 Å². The molecule has 1 aliphatic rings. The van der Waals surface area contributed by atoms with Gasteiger partial charge < -0.3 is 9.47 Å². The van der Waals surface area contributed by atoms with Gasteiger partial charge in [-0.2, -0.15) is 5.10 Å². The fourth-order valence-electron chi connectivity index (χ4n) is 4.71. The number of nitrogens with zero attached hydrogens (tertiary/aromatic N) is 2. The molecule has 1 N–H and O–H groups in total. The Morgan fingerprint density at radius 3 is 2.39 bits per heavy atom. The normalized spacial score (nSPS) is 15.2. The average Bonchev–Trinajstić information content (AvgIpc) is 3.71. The van der Waals surface area contributed by atoms with E-state index in [0.29, 0.717) is 16.2 Å². The van der Waals surface area contributed by atoms with Gasteiger partial charge in [0.05, 0.1) is 29.6 Å². The van der Waals surface area contributed by atoms with Crippen LogP contribution in [0.4, 0.5) is 0 Å². The van der Waals surface area contributed by atoms with Gasteiger partial charge >= 0.3 is 0 Å². The molecular formula is C33H39N3O4S. The highest BCUT2D eigenvalue weighted by molar-refractivity contribution is 7.83. The molecule has 0 saturated carbocycles. The van der Waals surface area contributed by atoms with Gasteiger partial charge in [0.2, 0.25) is 0 Å². The molecule has 7 nitrogen and oxygen atoms in total. The van der Waals surface area contributed by atoms with Crippen molar-refractivity contribution in [3.63, 3.8) is 0 Å². The second-order valence-corrected chi connectivity index (χ2v) is 11.6. The summed E-state index contributed by atoms with van der Waals surface area (Å²) in [7, 11) is -0.103. The minimum atomic E-state index is -1.67. The van der Waals surface area contributed by atoms with Gasteiger partial charge in [-0.25, -0.2) is 8.89 Å². The number of methoxy groups -OCH3 is 1. The van der Waals surface area contributed by atoms with Crippen molar-refractivity contribution in [2.75, 3.05) is 20.3 Å². The molecule has 3 aromatic carbocycles. The van der Waals surface area contributed by atoms with Crippen molar-refractivity contribution in [2.45, 2.75) is 45.4 Å². The van der Waals surface area contributed by atoms with E-state index in [1.165, 1.54) is 17.5 Å². The van der Waals surface area contributed by atoms with Crippen LogP contribution in [0.1, 0.15) is 48.7 Å². The van der Waals surface area contributed by atoms with Crippen LogP contribution in [0, 0.1) is 18.8 Å². The minimum Gasteiger partial charge on any atom is -0.497 e. The SMILES string of the molecule is CC(C)C1CCOC1.CCc1ccc(-c2ccnn2-c2ccc(C(=O)NS(=O)c3ccc(OC)cc3)cc2)cc1C. The number of amides is 1. The Hall–Kier alpha value is -3.75. The third-order valence-electron chi connectivity index (χ3n) is 7.40. The Balaban J connectivity index is 0.000000417. The summed E-state index contributed by atoms with van der Waals surface area (Å²) in [5, 5.41) is 4.47. The van der Waals surface area contributed by atoms with Gasteiger partial charge in [-0.15, -0.1) is 0 Å². The van der Waals surface area contributed by atoms with Crippen LogP contribution in [0.5, 0.6) is 5.75 Å². The molecule has 1 amide bonds. The van der Waals surface area contributed by atoms with Crippen LogP contribution < -0.4 is 9.46 Å². The molecule has 216 valence electrons. The molecule has 1 fully saturated rings. The summed E-state index contributed by atoms with van der Waals surface area (Å²) >= 11 is 0. The van der Waals surface area contributed by atoms with E-state index in [1.807, 2.05) is 22.9 Å². The Labute approximate surface area is 245 Å². The monoisotopic (exact) mass is 573 g/mol. The van der Waals surface area contributed by atoms with Crippen LogP contribution in [0.2, 0.25) is 0 Å². The summed E-state index contributed by atoms with van der Waals surface area (Å²) < 4.78 is 27.2. The summed E-state index contributed by atoms with van der Waals surface area (Å²) in [5.41, 5.74) is 5.88. The first-order chi connectivity index (χ1) is 19.8. The van der Waals surface area contributed by atoms with E-state index in [1.54, 1.807) is 49.7 Å². The number of aryl methyl sites for hydroxylation is 2. The lowest BCUT2D eigenvalue weighted by Crippen LogP contribution is -2.25. The van der Waals surface area contributed by atoms with Crippen LogP contribution in [0.3, 0.4) is 0 Å². The van der Waals surface area contributed by atoms with E-state index in [0.717, 1.165) is 48.4 Å². The van der Waals surface area contributed by atoms with Gasteiger partial charge in [-0.3, -0.25) is 9.52 Å². The zero-order valence-corrected chi connectivity index (χ0v) is 25.2. The molecule has 0 spiro atoms. The van der Waals surface area contributed by atoms with Gasteiger partial charge in [0.15, 0.2) is 11.0 Å². The quantitative estimate of drug-likeness (QED) is 0.259. The highest BCUT2D eigenvalue weighted by Crippen LogP contribution is 2.25. The number of rotatable bonds is 8. The Morgan fingerprint density at radius 1 is 1.10 bits per heavy atom. The lowest BCUT2D eigenvalue weighted by atomic mass is 9.96. The maximum absolute atomic E-state index is 12.6. The smallest absolute Gasteiger partial charge is 0.263 e. The van der Waals surface area contributed by atoms with E-state index < -0.39 is 16.9 Å². The van der Waals surface area contributed by atoms with Crippen LogP contribution in [-0.2, 0) is 22.1 Å². The summed E-state index contributed by atoms with van der Waals surface area (Å²) in [6, 6.07) is 22.2. The van der Waals surface area contributed by atoms with Crippen molar-refractivity contribution >= 4 is 16.9 Å². The number of hydrogen-bond donors (Lipinski definition) is 1. The van der Waals surface area contributed by atoms with E-state index in [2.05, 4.69) is 55.7 Å². The molecule has 2 unspecified atom stereocenters. The summed E-state index contributed by atoms with van der Waals surface area (Å²) in [5.74, 6) is 1.90. The number of hydrogen-bond acceptors (Lipinski definition) is 5. The van der Waals surface area contributed by atoms with Crippen molar-refractivity contribution in [2.24, 2.45) is 11.8 Å². The first-order valence-corrected chi connectivity index (χ1v) is 15.1. The minimum absolute atomic E-state index is 0.414. The molecule has 0 bridgehead atoms. The van der Waals surface area contributed by atoms with Gasteiger partial charge in [-0.05, 0) is 103 Å². The Bertz CT molecular complexity index is 1460. The topological polar surface area (TPSA) is 82.5 Å². The molecule has 0 aliphatic carbocycles. The third kappa shape index (κ3) is 7.71. The van der Waals surface area contributed by atoms with E-state index in [-0.39, 0.29) is 0 Å². The Morgan fingerprint density at radius 2 is 1.83 bits per heavy atom. The number of carbonyl (C=O) groups excluding carboxylic acids is 1. The standard InChI is InChI=1S/C26H25N3O3S.C7H14O/c1-4-19-5-6-21(17-18(19)2)25-15-16-27-29(25)22-9-7-20(8-10-22)26(30)28-33(31)24-13-11-23(32-3)12-14-24;1-6(2)7-3-4-8-5-7/h5-17H,4H2,1-3H3,(H,28,30);6-7H,3-5H2,1-2H3. The van der Waals surface area contributed by atoms with Crippen molar-refractivity contribution in [1.82, 2.24) is 14.5 Å². The summed E-state index contributed by atoms with van der Waals surface area (Å²) in [6.07, 6.45) is 4.03. The predicted octanol–water partition coefficient (Wildman–Crippen LogP) is 6.55. The van der Waals surface area contributed by atoms with Crippen molar-refractivity contribution < 1.29 is 18.5 Å². The molecule has 2 atom stereocenters. The Kier molecular flexibility index (Phi) is 10.5. The number of benzene rings is 3. The number of nitrogens with one attached hydrogen (secondary N) is 1. The number of ether oxygens (including phenoxy) is 2. The van der Waals surface area contributed by atoms with Crippen molar-refractivity contribution in [3.8, 4) is 22.7 Å². The van der Waals surface area contributed by atoms with Crippen molar-refractivity contribution in [1.29, 1.82) is 0 Å². The van der Waals surface area contributed by atoms with Gasteiger partial charge in [0.25, 0.3) is 5.91 Å². The fourth-order valence-corrected chi connectivity index (χ4v) is 5.50. The summed E-state index contributed by atoms with van der Waals surface area (Å²) in [6.45, 7) is 10.8. The molecule has 8 heteroatoms. The lowest BCUT2D eigenvalue weighted by molar-refractivity contribution is 0.0983. The number of aromatic nitrogens is 2. The highest BCUT2D eigenvalue weighted by Gasteiger charge is 2.18. The third-order valence-corrected chi connectivity index (χ3v) is 8.47. The zero-order chi connectivity index (χ0) is 29.4. The number of carbonyl (C=O) groups is 1. The molecule has 1 saturated heterocycles. The first-order valence-electron chi connectivity index (χ1n) is 14.0. The average molecular weight is 574 g/mol. The molecule has 41 heavy (non-hydrogen) atoms. The first kappa shape index (κ1) is 30.2. The summed E-state index contributed by atoms with van der Waals surface area (Å²) in [4.78, 5) is 13.1. The van der Waals surface area contributed by atoms with Crippen LogP contribution >= 0.6 is 0 Å². The molecule has 2 heterocycles. The molecule has 4 aromatic rings. The van der Waals surface area contributed by atoms with Crippen molar-refractivity contribution in [3.05, 3.63) is 95.7 Å². The second-order valence-electron chi connectivity index (χ2n) is 10.4. The zero-order valence-electron chi connectivity index (χ0n) is 24.4. The second kappa shape index (κ2) is 14.2. The maximum atomic E-state index is 12.6. The molecule has 1 aromatic heterocycles. The van der Waals surface area contributed by atoms with Gasteiger partial charge in [-0.1, -0.05) is 32.9 Å². The molecule has 1 aliphatic heterocycles. The van der Waals surface area contributed by atoms with E-state index in [9.17, 15) is 9.00 Å². The predicted molar refractivity (Wildman–Crippen MR) is 164 cm³/mol. The fraction of sp³-hybridized carbons (Fsp3) is 0.333. The van der Waals surface area contributed by atoms with E-state index in [4.69, 9.17) is 9.47 Å². The van der Waals surface area contributed by atoms with E-state index >= 15 is 0 Å². The molecule has 5 rings (SSSR count). The molecule has 0 radical (unpaired) electrons.